The molecule has 26 heavy (non-hydrogen) atoms. The molecule has 2 fully saturated rings. The average molecular weight is 348 g/mol. The van der Waals surface area contributed by atoms with E-state index in [1.807, 2.05) is 12.1 Å². The molecule has 2 N–H and O–H groups in total. The molecule has 3 aliphatic rings. The van der Waals surface area contributed by atoms with Crippen LogP contribution in [0.5, 0.6) is 0 Å². The fourth-order valence-electron chi connectivity index (χ4n) is 4.37. The molecule has 1 aromatic heterocycles. The number of aryl methyl sites for hydroxylation is 1. The van der Waals surface area contributed by atoms with Gasteiger partial charge >= 0.3 is 0 Å². The molecule has 5 rings (SSSR count). The number of amides is 1. The number of fused-ring (bicyclic) bond motifs is 1. The van der Waals surface area contributed by atoms with Crippen LogP contribution in [-0.2, 0) is 23.1 Å². The van der Waals surface area contributed by atoms with E-state index < -0.39 is 5.41 Å². The number of hydrogen-bond donors (Lipinski definition) is 1. The minimum atomic E-state index is -0.457. The van der Waals surface area contributed by atoms with Gasteiger partial charge in [-0.15, -0.1) is 0 Å². The van der Waals surface area contributed by atoms with Gasteiger partial charge in [-0.05, 0) is 57.1 Å². The topological polar surface area (TPSA) is 72.1 Å². The SMILES string of the molecule is C[C@H]1CCN1c1nc2c(c(-c3cccc(C4(C(N)=O)CC4)c3)n1)CCC2. The molecule has 0 spiro atoms. The van der Waals surface area contributed by atoms with E-state index in [0.29, 0.717) is 6.04 Å². The lowest BCUT2D eigenvalue weighted by molar-refractivity contribution is -0.120. The number of carbonyl (C=O) groups excluding carboxylic acids is 1. The Morgan fingerprint density at radius 1 is 1.27 bits per heavy atom. The van der Waals surface area contributed by atoms with Crippen molar-refractivity contribution in [3.8, 4) is 11.3 Å². The van der Waals surface area contributed by atoms with Gasteiger partial charge in [0.2, 0.25) is 11.9 Å². The van der Waals surface area contributed by atoms with E-state index in [9.17, 15) is 4.79 Å². The summed E-state index contributed by atoms with van der Waals surface area (Å²) in [5.41, 5.74) is 10.9. The first-order chi connectivity index (χ1) is 12.6. The summed E-state index contributed by atoms with van der Waals surface area (Å²) in [5, 5.41) is 0. The summed E-state index contributed by atoms with van der Waals surface area (Å²) in [7, 11) is 0. The lowest BCUT2D eigenvalue weighted by Gasteiger charge is -2.39. The summed E-state index contributed by atoms with van der Waals surface area (Å²) in [6.07, 6.45) is 6.11. The van der Waals surface area contributed by atoms with Gasteiger partial charge in [0.25, 0.3) is 0 Å². The van der Waals surface area contributed by atoms with Crippen molar-refractivity contribution in [3.63, 3.8) is 0 Å². The van der Waals surface area contributed by atoms with Gasteiger partial charge in [0, 0.05) is 29.4 Å². The molecular formula is C21H24N4O. The fraction of sp³-hybridized carbons (Fsp3) is 0.476. The molecule has 2 aromatic rings. The van der Waals surface area contributed by atoms with Gasteiger partial charge in [-0.3, -0.25) is 4.79 Å². The Morgan fingerprint density at radius 3 is 2.77 bits per heavy atom. The van der Waals surface area contributed by atoms with Crippen LogP contribution >= 0.6 is 0 Å². The van der Waals surface area contributed by atoms with E-state index >= 15 is 0 Å². The van der Waals surface area contributed by atoms with E-state index in [4.69, 9.17) is 15.7 Å². The second kappa shape index (κ2) is 5.53. The lowest BCUT2D eigenvalue weighted by atomic mass is 9.92. The van der Waals surface area contributed by atoms with Crippen LogP contribution in [0.3, 0.4) is 0 Å². The van der Waals surface area contributed by atoms with Crippen LogP contribution in [0.1, 0.15) is 49.4 Å². The molecule has 1 amide bonds. The van der Waals surface area contributed by atoms with Crippen molar-refractivity contribution in [3.05, 3.63) is 41.1 Å². The van der Waals surface area contributed by atoms with Crippen LogP contribution in [0.15, 0.2) is 24.3 Å². The quantitative estimate of drug-likeness (QED) is 0.922. The number of carbonyl (C=O) groups is 1. The van der Waals surface area contributed by atoms with Gasteiger partial charge in [0.1, 0.15) is 0 Å². The van der Waals surface area contributed by atoms with Crippen molar-refractivity contribution in [2.45, 2.75) is 56.9 Å². The smallest absolute Gasteiger partial charge is 0.228 e. The zero-order chi connectivity index (χ0) is 17.9. The van der Waals surface area contributed by atoms with E-state index in [1.165, 1.54) is 17.7 Å². The minimum Gasteiger partial charge on any atom is -0.369 e. The Hall–Kier alpha value is -2.43. The van der Waals surface area contributed by atoms with Gasteiger partial charge < -0.3 is 10.6 Å². The maximum atomic E-state index is 11.9. The monoisotopic (exact) mass is 348 g/mol. The fourth-order valence-corrected chi connectivity index (χ4v) is 4.37. The van der Waals surface area contributed by atoms with Crippen LogP contribution in [0.2, 0.25) is 0 Å². The first-order valence-electron chi connectivity index (χ1n) is 9.66. The molecule has 134 valence electrons. The zero-order valence-electron chi connectivity index (χ0n) is 15.2. The van der Waals surface area contributed by atoms with E-state index in [1.54, 1.807) is 0 Å². The predicted molar refractivity (Wildman–Crippen MR) is 101 cm³/mol. The standard InChI is InChI=1S/C21H24N4O/c1-13-8-11-25(13)20-23-17-7-3-6-16(17)18(24-20)14-4-2-5-15(12-14)21(9-10-21)19(22)26/h2,4-5,12-13H,3,6-11H2,1H3,(H2,22,26)/t13-/m0/s1. The number of nitrogens with zero attached hydrogens (tertiary/aromatic N) is 3. The molecule has 2 heterocycles. The molecule has 2 aliphatic carbocycles. The zero-order valence-corrected chi connectivity index (χ0v) is 15.2. The van der Waals surface area contributed by atoms with Crippen molar-refractivity contribution < 1.29 is 4.79 Å². The highest BCUT2D eigenvalue weighted by Crippen LogP contribution is 2.48. The van der Waals surface area contributed by atoms with Crippen LogP contribution in [0.25, 0.3) is 11.3 Å². The summed E-state index contributed by atoms with van der Waals surface area (Å²) < 4.78 is 0. The number of nitrogens with two attached hydrogens (primary N) is 1. The Morgan fingerprint density at radius 2 is 2.12 bits per heavy atom. The molecule has 1 saturated heterocycles. The van der Waals surface area contributed by atoms with E-state index in [0.717, 1.165) is 61.4 Å². The summed E-state index contributed by atoms with van der Waals surface area (Å²) in [4.78, 5) is 24.1. The molecule has 1 atom stereocenters. The minimum absolute atomic E-state index is 0.211. The maximum absolute atomic E-state index is 11.9. The molecule has 1 aromatic carbocycles. The maximum Gasteiger partial charge on any atom is 0.228 e. The molecule has 0 unspecified atom stereocenters. The second-order valence-corrected chi connectivity index (χ2v) is 8.01. The summed E-state index contributed by atoms with van der Waals surface area (Å²) in [6, 6.07) is 8.80. The van der Waals surface area contributed by atoms with Crippen LogP contribution in [-0.4, -0.2) is 28.5 Å². The van der Waals surface area contributed by atoms with Gasteiger partial charge in [0.15, 0.2) is 0 Å². The highest BCUT2D eigenvalue weighted by molar-refractivity contribution is 5.90. The van der Waals surface area contributed by atoms with E-state index in [-0.39, 0.29) is 5.91 Å². The first-order valence-corrected chi connectivity index (χ1v) is 9.66. The first kappa shape index (κ1) is 15.8. The number of primary amides is 1. The molecule has 0 radical (unpaired) electrons. The number of hydrogen-bond acceptors (Lipinski definition) is 4. The van der Waals surface area contributed by atoms with Gasteiger partial charge in [-0.1, -0.05) is 18.2 Å². The Kier molecular flexibility index (Phi) is 3.36. The summed E-state index contributed by atoms with van der Waals surface area (Å²) >= 11 is 0. The molecule has 1 saturated carbocycles. The molecular weight excluding hydrogens is 324 g/mol. The molecule has 5 nitrogen and oxygen atoms in total. The Balaban J connectivity index is 1.61. The summed E-state index contributed by atoms with van der Waals surface area (Å²) in [5.74, 6) is 0.651. The van der Waals surface area contributed by atoms with Crippen molar-refractivity contribution in [2.75, 3.05) is 11.4 Å². The normalized spacial score (nSPS) is 22.7. The predicted octanol–water partition coefficient (Wildman–Crippen LogP) is 2.75. The van der Waals surface area contributed by atoms with Crippen molar-refractivity contribution >= 4 is 11.9 Å². The van der Waals surface area contributed by atoms with Crippen molar-refractivity contribution in [1.29, 1.82) is 0 Å². The highest BCUT2D eigenvalue weighted by Gasteiger charge is 2.50. The number of aromatic nitrogens is 2. The number of rotatable bonds is 4. The Labute approximate surface area is 153 Å². The van der Waals surface area contributed by atoms with Crippen molar-refractivity contribution in [1.82, 2.24) is 9.97 Å². The largest absolute Gasteiger partial charge is 0.369 e. The van der Waals surface area contributed by atoms with Crippen LogP contribution < -0.4 is 10.6 Å². The Bertz CT molecular complexity index is 903. The molecule has 5 heteroatoms. The van der Waals surface area contributed by atoms with Crippen molar-refractivity contribution in [2.24, 2.45) is 5.73 Å². The molecule has 0 bridgehead atoms. The lowest BCUT2D eigenvalue weighted by Crippen LogP contribution is -2.46. The highest BCUT2D eigenvalue weighted by atomic mass is 16.1. The summed E-state index contributed by atoms with van der Waals surface area (Å²) in [6.45, 7) is 3.26. The second-order valence-electron chi connectivity index (χ2n) is 8.01. The van der Waals surface area contributed by atoms with E-state index in [2.05, 4.69) is 24.0 Å². The number of benzene rings is 1. The van der Waals surface area contributed by atoms with Crippen LogP contribution in [0.4, 0.5) is 5.95 Å². The van der Waals surface area contributed by atoms with Gasteiger partial charge in [-0.2, -0.15) is 0 Å². The third-order valence-corrected chi connectivity index (χ3v) is 6.41. The van der Waals surface area contributed by atoms with Gasteiger partial charge in [0.05, 0.1) is 11.1 Å². The average Bonchev–Trinajstić information content (AvgIpc) is 3.32. The number of anilines is 1. The molecule has 1 aliphatic heterocycles. The van der Waals surface area contributed by atoms with Crippen LogP contribution in [0, 0.1) is 0 Å². The van der Waals surface area contributed by atoms with Gasteiger partial charge in [-0.25, -0.2) is 9.97 Å². The third-order valence-electron chi connectivity index (χ3n) is 6.41. The third kappa shape index (κ3) is 2.26.